The van der Waals surface area contributed by atoms with Gasteiger partial charge in [0.25, 0.3) is 0 Å². The predicted octanol–water partition coefficient (Wildman–Crippen LogP) is 2.97. The second-order valence-corrected chi connectivity index (χ2v) is 1.91. The number of ether oxygens (including phenoxy) is 1. The van der Waals surface area contributed by atoms with Crippen LogP contribution < -0.4 is 10.1 Å². The molecule has 0 amide bonds. The summed E-state index contributed by atoms with van der Waals surface area (Å²) in [5.74, 6) is 0.910. The Kier molecular flexibility index (Phi) is 36.9. The normalized spacial score (nSPS) is 5.69. The zero-order valence-corrected chi connectivity index (χ0v) is 13.8. The summed E-state index contributed by atoms with van der Waals surface area (Å²) in [5.41, 5.74) is 0. The molecule has 0 aliphatic rings. The number of rotatable bonds is 1. The van der Waals surface area contributed by atoms with Gasteiger partial charge in [0.2, 0.25) is 0 Å². The van der Waals surface area contributed by atoms with Crippen molar-refractivity contribution in [2.45, 2.75) is 13.8 Å². The van der Waals surface area contributed by atoms with Crippen LogP contribution in [-0.4, -0.2) is 14.2 Å². The fraction of sp³-hybridized carbons (Fsp3) is 0.308. The van der Waals surface area contributed by atoms with Crippen LogP contribution in [0.15, 0.2) is 30.3 Å². The van der Waals surface area contributed by atoms with Crippen LogP contribution in [0.1, 0.15) is 13.8 Å². The van der Waals surface area contributed by atoms with Gasteiger partial charge in [0.1, 0.15) is 5.75 Å². The zero-order chi connectivity index (χ0) is 11.2. The summed E-state index contributed by atoms with van der Waals surface area (Å²) in [6.07, 6.45) is 4.67. The molecule has 0 aliphatic carbocycles. The van der Waals surface area contributed by atoms with Gasteiger partial charge < -0.3 is 17.5 Å². The zero-order valence-electron chi connectivity index (χ0n) is 10.9. The van der Waals surface area contributed by atoms with Gasteiger partial charge in [-0.05, 0) is 12.1 Å². The van der Waals surface area contributed by atoms with Crippen molar-refractivity contribution in [2.75, 3.05) is 14.2 Å². The van der Waals surface area contributed by atoms with Crippen molar-refractivity contribution in [1.82, 2.24) is 5.32 Å². The van der Waals surface area contributed by atoms with Crippen LogP contribution in [0.4, 0.5) is 0 Å². The molecule has 1 radical (unpaired) electrons. The van der Waals surface area contributed by atoms with Crippen LogP contribution in [-0.2, 0) is 32.7 Å². The van der Waals surface area contributed by atoms with E-state index in [0.717, 1.165) is 5.75 Å². The molecule has 0 atom stereocenters. The number of nitrogens with one attached hydrogen (secondary N) is 1. The van der Waals surface area contributed by atoms with Gasteiger partial charge in [-0.1, -0.05) is 38.5 Å². The molecule has 1 N–H and O–H groups in total. The van der Waals surface area contributed by atoms with Gasteiger partial charge in [0, 0.05) is 45.8 Å². The van der Waals surface area contributed by atoms with Crippen molar-refractivity contribution in [3.05, 3.63) is 37.8 Å². The second kappa shape index (κ2) is 24.0. The molecule has 0 saturated heterocycles. The quantitative estimate of drug-likeness (QED) is 0.489. The van der Waals surface area contributed by atoms with Crippen LogP contribution >= 0.6 is 0 Å². The van der Waals surface area contributed by atoms with E-state index in [-0.39, 0.29) is 40.1 Å². The van der Waals surface area contributed by atoms with Crippen LogP contribution in [0.3, 0.4) is 0 Å². The van der Waals surface area contributed by atoms with E-state index < -0.39 is 0 Å². The second-order valence-electron chi connectivity index (χ2n) is 1.91. The molecular weight excluding hydrogens is 275 g/mol. The first-order valence-corrected chi connectivity index (χ1v) is 4.56. The van der Waals surface area contributed by atoms with E-state index in [1.165, 1.54) is 0 Å². The van der Waals surface area contributed by atoms with Gasteiger partial charge in [-0.2, -0.15) is 0 Å². The van der Waals surface area contributed by atoms with E-state index in [1.54, 1.807) is 14.2 Å². The molecule has 1 rings (SSSR count). The average molecular weight is 297 g/mol. The molecule has 3 heteroatoms. The first-order valence-electron chi connectivity index (χ1n) is 4.56. The van der Waals surface area contributed by atoms with Gasteiger partial charge in [0.05, 0.1) is 7.11 Å². The van der Waals surface area contributed by atoms with Crippen LogP contribution in [0.5, 0.6) is 5.75 Å². The first-order chi connectivity index (χ1) is 6.85. The minimum atomic E-state index is 0. The number of terminal acetylenes is 1. The smallest absolute Gasteiger partial charge is 0.118 e. The van der Waals surface area contributed by atoms with Crippen LogP contribution in [0.2, 0.25) is 0 Å². The molecule has 0 heterocycles. The van der Waals surface area contributed by atoms with Crippen molar-refractivity contribution in [3.8, 4) is 18.2 Å². The summed E-state index contributed by atoms with van der Waals surface area (Å²) in [6, 6.07) is 11.9. The monoisotopic (exact) mass is 297 g/mol. The number of para-hydroxylation sites is 1. The standard InChI is InChI=1S/C7H8O.C3H5N.C2H6.CH3.Y/c1-8-7-5-3-2-4-6-7;1-3-4-2;1-2;;/h2-6H,1H3;1,4H,2H3;1-2H3;1H3;/q;;;-1;. The minimum absolute atomic E-state index is 0. The van der Waals surface area contributed by atoms with E-state index in [4.69, 9.17) is 4.74 Å². The van der Waals surface area contributed by atoms with Crippen molar-refractivity contribution >= 4 is 0 Å². The topological polar surface area (TPSA) is 21.3 Å². The Balaban J connectivity index is -0.0000000793. The fourth-order valence-electron chi connectivity index (χ4n) is 0.557. The molecule has 0 aromatic heterocycles. The molecule has 0 aliphatic heterocycles. The molecular formula is C13H22NOY-. The van der Waals surface area contributed by atoms with Gasteiger partial charge in [0.15, 0.2) is 0 Å². The van der Waals surface area contributed by atoms with Gasteiger partial charge in [-0.15, -0.1) is 0 Å². The molecule has 0 unspecified atom stereocenters. The van der Waals surface area contributed by atoms with E-state index in [1.807, 2.05) is 44.2 Å². The molecule has 0 fully saturated rings. The maximum Gasteiger partial charge on any atom is 0.118 e. The molecule has 1 aromatic carbocycles. The number of methoxy groups -OCH3 is 1. The summed E-state index contributed by atoms with van der Waals surface area (Å²) in [7, 11) is 3.36. The van der Waals surface area contributed by atoms with E-state index in [9.17, 15) is 0 Å². The average Bonchev–Trinajstić information content (AvgIpc) is 2.33. The Bertz CT molecular complexity index is 231. The Morgan fingerprint density at radius 1 is 1.19 bits per heavy atom. The summed E-state index contributed by atoms with van der Waals surface area (Å²) in [5, 5.41) is 2.46. The van der Waals surface area contributed by atoms with E-state index in [2.05, 4.69) is 17.8 Å². The van der Waals surface area contributed by atoms with Gasteiger partial charge in [-0.25, -0.2) is 0 Å². The molecule has 1 aromatic rings. The maximum atomic E-state index is 4.91. The third-order valence-corrected chi connectivity index (χ3v) is 1.12. The predicted molar refractivity (Wildman–Crippen MR) is 68.6 cm³/mol. The van der Waals surface area contributed by atoms with E-state index in [0.29, 0.717) is 0 Å². The minimum Gasteiger partial charge on any atom is -0.497 e. The Morgan fingerprint density at radius 3 is 1.75 bits per heavy atom. The fourth-order valence-corrected chi connectivity index (χ4v) is 0.557. The number of hydrogen-bond acceptors (Lipinski definition) is 2. The first kappa shape index (κ1) is 24.6. The van der Waals surface area contributed by atoms with Crippen LogP contribution in [0, 0.1) is 19.9 Å². The summed E-state index contributed by atoms with van der Waals surface area (Å²) in [4.78, 5) is 0. The Hall–Kier alpha value is -0.516. The van der Waals surface area contributed by atoms with Crippen molar-refractivity contribution in [3.63, 3.8) is 0 Å². The molecule has 0 bridgehead atoms. The van der Waals surface area contributed by atoms with Crippen LogP contribution in [0.25, 0.3) is 0 Å². The Labute approximate surface area is 126 Å². The van der Waals surface area contributed by atoms with E-state index >= 15 is 0 Å². The summed E-state index contributed by atoms with van der Waals surface area (Å²) < 4.78 is 4.91. The van der Waals surface area contributed by atoms with Gasteiger partial charge in [-0.3, -0.25) is 0 Å². The molecule has 2 nitrogen and oxygen atoms in total. The largest absolute Gasteiger partial charge is 0.497 e. The van der Waals surface area contributed by atoms with Gasteiger partial charge >= 0.3 is 0 Å². The molecule has 0 spiro atoms. The third-order valence-electron chi connectivity index (χ3n) is 1.12. The Morgan fingerprint density at radius 2 is 1.56 bits per heavy atom. The summed E-state index contributed by atoms with van der Waals surface area (Å²) >= 11 is 0. The van der Waals surface area contributed by atoms with Crippen molar-refractivity contribution in [2.24, 2.45) is 0 Å². The molecule has 16 heavy (non-hydrogen) atoms. The maximum absolute atomic E-state index is 4.91. The number of hydrogen-bond donors (Lipinski definition) is 1. The molecule has 89 valence electrons. The van der Waals surface area contributed by atoms with Crippen molar-refractivity contribution in [1.29, 1.82) is 0 Å². The molecule has 0 saturated carbocycles. The summed E-state index contributed by atoms with van der Waals surface area (Å²) in [6.45, 7) is 4.00. The number of benzene rings is 1. The van der Waals surface area contributed by atoms with Crippen molar-refractivity contribution < 1.29 is 37.4 Å². The third kappa shape index (κ3) is 19.1. The SMILES string of the molecule is C#CNC.CC.COc1ccccc1.[CH3-].[Y].